The Hall–Kier alpha value is -3.09. The number of hydrogen-bond acceptors (Lipinski definition) is 6. The van der Waals surface area contributed by atoms with E-state index in [1.54, 1.807) is 0 Å². The maximum atomic E-state index is 11.2. The number of aldehydes is 1. The summed E-state index contributed by atoms with van der Waals surface area (Å²) in [5.41, 5.74) is 10.9. The van der Waals surface area contributed by atoms with Crippen LogP contribution in [0.2, 0.25) is 0 Å². The number of carbonyl (C=O) groups excluding carboxylic acids is 1. The largest absolute Gasteiger partial charge is 0.361 e. The van der Waals surface area contributed by atoms with Crippen molar-refractivity contribution >= 4 is 12.0 Å². The van der Waals surface area contributed by atoms with E-state index in [-0.39, 0.29) is 0 Å². The number of fused-ring (bicyclic) bond motifs is 1. The molecule has 3 rings (SSSR count). The molecule has 0 aromatic heterocycles. The minimum absolute atomic E-state index is 0.413. The van der Waals surface area contributed by atoms with Crippen LogP contribution in [0.25, 0.3) is 0 Å². The van der Waals surface area contributed by atoms with E-state index in [4.69, 9.17) is 0 Å². The van der Waals surface area contributed by atoms with Crippen molar-refractivity contribution in [3.8, 4) is 12.1 Å². The van der Waals surface area contributed by atoms with Crippen LogP contribution in [0.4, 0.5) is 5.69 Å². The van der Waals surface area contributed by atoms with Gasteiger partial charge in [-0.05, 0) is 25.5 Å². The van der Waals surface area contributed by atoms with Gasteiger partial charge in [0.2, 0.25) is 0 Å². The van der Waals surface area contributed by atoms with E-state index in [1.807, 2.05) is 32.0 Å². The molecule has 2 aliphatic rings. The van der Waals surface area contributed by atoms with Crippen molar-refractivity contribution in [1.82, 2.24) is 10.7 Å². The van der Waals surface area contributed by atoms with Gasteiger partial charge in [-0.1, -0.05) is 12.1 Å². The van der Waals surface area contributed by atoms with E-state index < -0.39 is 12.0 Å². The third kappa shape index (κ3) is 2.26. The maximum Gasteiger partial charge on any atom is 0.143 e. The minimum Gasteiger partial charge on any atom is -0.361 e. The number of anilines is 1. The Morgan fingerprint density at radius 1 is 1.13 bits per heavy atom. The smallest absolute Gasteiger partial charge is 0.143 e. The van der Waals surface area contributed by atoms with Crippen molar-refractivity contribution in [3.63, 3.8) is 0 Å². The molecule has 6 nitrogen and oxygen atoms in total. The van der Waals surface area contributed by atoms with Gasteiger partial charge < -0.3 is 15.5 Å². The van der Waals surface area contributed by atoms with E-state index in [9.17, 15) is 15.3 Å². The van der Waals surface area contributed by atoms with Crippen molar-refractivity contribution < 1.29 is 4.79 Å². The third-order valence-electron chi connectivity index (χ3n) is 4.24. The topological polar surface area (TPSA) is 101 Å². The summed E-state index contributed by atoms with van der Waals surface area (Å²) < 4.78 is 0. The first-order valence-electron chi connectivity index (χ1n) is 7.20. The maximum absolute atomic E-state index is 11.2. The molecular formula is C17H15N5O. The van der Waals surface area contributed by atoms with Gasteiger partial charge in [-0.15, -0.1) is 0 Å². The number of nitriles is 2. The molecule has 2 heterocycles. The minimum atomic E-state index is -0.433. The van der Waals surface area contributed by atoms with Gasteiger partial charge in [0, 0.05) is 17.0 Å². The van der Waals surface area contributed by atoms with E-state index in [0.29, 0.717) is 11.1 Å². The summed E-state index contributed by atoms with van der Waals surface area (Å²) in [5, 5.41) is 22.1. The number of nitrogens with zero attached hydrogens (tertiary/aromatic N) is 2. The quantitative estimate of drug-likeness (QED) is 0.724. The predicted molar refractivity (Wildman–Crippen MR) is 84.5 cm³/mol. The zero-order valence-electron chi connectivity index (χ0n) is 12.8. The molecule has 0 spiro atoms. The third-order valence-corrected chi connectivity index (χ3v) is 4.24. The fourth-order valence-corrected chi connectivity index (χ4v) is 3.10. The van der Waals surface area contributed by atoms with Crippen LogP contribution in [-0.2, 0) is 4.79 Å². The lowest BCUT2D eigenvalue weighted by atomic mass is 9.81. The van der Waals surface area contributed by atoms with Crippen LogP contribution in [0.15, 0.2) is 40.7 Å². The lowest BCUT2D eigenvalue weighted by Crippen LogP contribution is -2.23. The van der Waals surface area contributed by atoms with Gasteiger partial charge in [0.05, 0.1) is 34.9 Å². The lowest BCUT2D eigenvalue weighted by molar-refractivity contribution is -0.109. The Morgan fingerprint density at radius 3 is 2.35 bits per heavy atom. The predicted octanol–water partition coefficient (Wildman–Crippen LogP) is 2.14. The Kier molecular flexibility index (Phi) is 3.61. The van der Waals surface area contributed by atoms with Gasteiger partial charge >= 0.3 is 0 Å². The van der Waals surface area contributed by atoms with Crippen LogP contribution >= 0.6 is 0 Å². The molecule has 0 radical (unpaired) electrons. The molecule has 1 unspecified atom stereocenters. The summed E-state index contributed by atoms with van der Waals surface area (Å²) in [5.74, 6) is -0.413. The van der Waals surface area contributed by atoms with Crippen molar-refractivity contribution in [3.05, 3.63) is 51.9 Å². The number of benzene rings is 1. The Bertz CT molecular complexity index is 802. The molecule has 1 atom stereocenters. The molecule has 0 bridgehead atoms. The highest BCUT2D eigenvalue weighted by Crippen LogP contribution is 2.39. The number of hydrazine groups is 1. The van der Waals surface area contributed by atoms with Crippen molar-refractivity contribution in [2.75, 3.05) is 5.43 Å². The highest BCUT2D eigenvalue weighted by Gasteiger charge is 2.31. The number of dihydropyridines is 1. The Labute approximate surface area is 134 Å². The normalized spacial score (nSPS) is 20.3. The zero-order chi connectivity index (χ0) is 16.6. The molecule has 6 heteroatoms. The molecular weight excluding hydrogens is 290 g/mol. The first-order chi connectivity index (χ1) is 11.1. The number of carbonyl (C=O) groups is 1. The molecule has 2 aliphatic heterocycles. The molecule has 114 valence electrons. The molecule has 1 aromatic carbocycles. The Morgan fingerprint density at radius 2 is 1.78 bits per heavy atom. The van der Waals surface area contributed by atoms with Crippen LogP contribution in [-0.4, -0.2) is 6.29 Å². The van der Waals surface area contributed by atoms with E-state index in [2.05, 4.69) is 28.3 Å². The van der Waals surface area contributed by atoms with Crippen molar-refractivity contribution in [2.24, 2.45) is 0 Å². The van der Waals surface area contributed by atoms with E-state index >= 15 is 0 Å². The monoisotopic (exact) mass is 305 g/mol. The molecule has 0 amide bonds. The van der Waals surface area contributed by atoms with Crippen LogP contribution in [0, 0.1) is 22.7 Å². The number of hydrogen-bond donors (Lipinski definition) is 3. The molecule has 0 fully saturated rings. The molecule has 3 N–H and O–H groups in total. The summed E-state index contributed by atoms with van der Waals surface area (Å²) in [6.07, 6.45) is 0.823. The van der Waals surface area contributed by atoms with Crippen molar-refractivity contribution in [2.45, 2.75) is 25.8 Å². The van der Waals surface area contributed by atoms with Crippen molar-refractivity contribution in [1.29, 1.82) is 10.5 Å². The molecule has 0 saturated heterocycles. The second-order valence-corrected chi connectivity index (χ2v) is 5.59. The van der Waals surface area contributed by atoms with Gasteiger partial charge in [0.25, 0.3) is 0 Å². The average Bonchev–Trinajstić information content (AvgIpc) is 2.96. The number of allylic oxidation sites excluding steroid dienone is 4. The van der Waals surface area contributed by atoms with Gasteiger partial charge in [-0.2, -0.15) is 10.5 Å². The highest BCUT2D eigenvalue weighted by molar-refractivity contribution is 5.72. The van der Waals surface area contributed by atoms with Crippen LogP contribution in [0.1, 0.15) is 36.9 Å². The van der Waals surface area contributed by atoms with Crippen LogP contribution < -0.4 is 16.2 Å². The van der Waals surface area contributed by atoms with Gasteiger partial charge in [-0.3, -0.25) is 0 Å². The first kappa shape index (κ1) is 14.8. The second kappa shape index (κ2) is 5.60. The van der Waals surface area contributed by atoms with Crippen LogP contribution in [0.3, 0.4) is 0 Å². The molecule has 0 saturated carbocycles. The fourth-order valence-electron chi connectivity index (χ4n) is 3.10. The second-order valence-electron chi connectivity index (χ2n) is 5.59. The van der Waals surface area contributed by atoms with E-state index in [1.165, 1.54) is 0 Å². The van der Waals surface area contributed by atoms with E-state index in [0.717, 1.165) is 34.5 Å². The number of rotatable bonds is 2. The highest BCUT2D eigenvalue weighted by atomic mass is 16.1. The summed E-state index contributed by atoms with van der Waals surface area (Å²) in [7, 11) is 0. The standard InChI is InChI=1S/C17H15N5O/c1-9-13(6-18)17(14(7-19)10(2)20-9)11-3-4-15-12(5-11)16(8-23)22-21-15/h3-5,8,16-17,20-22H,1-2H3. The molecule has 23 heavy (non-hydrogen) atoms. The fraction of sp³-hybridized carbons (Fsp3) is 0.235. The first-order valence-corrected chi connectivity index (χ1v) is 7.20. The molecule has 0 aliphatic carbocycles. The summed E-state index contributed by atoms with van der Waals surface area (Å²) in [4.78, 5) is 11.2. The zero-order valence-corrected chi connectivity index (χ0v) is 12.8. The Balaban J connectivity index is 2.16. The average molecular weight is 305 g/mol. The number of nitrogens with one attached hydrogen (secondary N) is 3. The van der Waals surface area contributed by atoms with Gasteiger partial charge in [0.15, 0.2) is 0 Å². The summed E-state index contributed by atoms with van der Waals surface area (Å²) in [6, 6.07) is 9.61. The van der Waals surface area contributed by atoms with Crippen LogP contribution in [0.5, 0.6) is 0 Å². The van der Waals surface area contributed by atoms with Gasteiger partial charge in [0.1, 0.15) is 12.3 Å². The lowest BCUT2D eigenvalue weighted by Gasteiger charge is -2.26. The summed E-state index contributed by atoms with van der Waals surface area (Å²) in [6.45, 7) is 3.65. The van der Waals surface area contributed by atoms with Gasteiger partial charge in [-0.25, -0.2) is 5.43 Å². The SMILES string of the molecule is CC1=C(C#N)C(c2ccc3c(c2)C(C=O)NN3)C(C#N)=C(C)N1. The molecule has 1 aromatic rings. The summed E-state index contributed by atoms with van der Waals surface area (Å²) >= 11 is 0.